The number of nitrogens with one attached hydrogen (secondary N) is 1. The lowest BCUT2D eigenvalue weighted by Crippen LogP contribution is -2.50. The van der Waals surface area contributed by atoms with Crippen molar-refractivity contribution >= 4 is 39.2 Å². The van der Waals surface area contributed by atoms with Crippen LogP contribution in [0.25, 0.3) is 20.7 Å². The Morgan fingerprint density at radius 3 is 2.72 bits per heavy atom. The zero-order valence-electron chi connectivity index (χ0n) is 16.2. The molecule has 4 rings (SSSR count). The largest absolute Gasteiger partial charge is 0.337 e. The van der Waals surface area contributed by atoms with Crippen LogP contribution in [0.15, 0.2) is 47.8 Å². The van der Waals surface area contributed by atoms with Gasteiger partial charge in [-0.3, -0.25) is 4.79 Å². The number of hydrogen-bond acceptors (Lipinski definition) is 6. The number of carbonyl (C=O) groups is 1. The van der Waals surface area contributed by atoms with Crippen LogP contribution in [0, 0.1) is 11.3 Å². The highest BCUT2D eigenvalue weighted by Crippen LogP contribution is 2.37. The summed E-state index contributed by atoms with van der Waals surface area (Å²) in [4.78, 5) is 23.7. The van der Waals surface area contributed by atoms with E-state index in [1.807, 2.05) is 25.1 Å². The average Bonchev–Trinajstić information content (AvgIpc) is 3.20. The number of thiophene rings is 1. The summed E-state index contributed by atoms with van der Waals surface area (Å²) in [5.41, 5.74) is 0.430. The third-order valence-corrected chi connectivity index (χ3v) is 7.50. The molecule has 148 valence electrons. The number of rotatable bonds is 5. The van der Waals surface area contributed by atoms with E-state index >= 15 is 0 Å². The van der Waals surface area contributed by atoms with Gasteiger partial charge in [-0.25, -0.2) is 9.97 Å². The summed E-state index contributed by atoms with van der Waals surface area (Å²) in [7, 11) is 0. The fourth-order valence-electron chi connectivity index (χ4n) is 3.65. The molecule has 7 heteroatoms. The maximum atomic E-state index is 12.8. The van der Waals surface area contributed by atoms with Crippen molar-refractivity contribution in [3.05, 3.63) is 42.7 Å². The van der Waals surface area contributed by atoms with Crippen LogP contribution < -0.4 is 5.32 Å². The van der Waals surface area contributed by atoms with Crippen molar-refractivity contribution in [2.75, 3.05) is 0 Å². The lowest BCUT2D eigenvalue weighted by molar-refractivity contribution is -0.121. The Morgan fingerprint density at radius 2 is 2.00 bits per heavy atom. The molecule has 1 saturated carbocycles. The molecule has 2 heterocycles. The Balaban J connectivity index is 1.53. The van der Waals surface area contributed by atoms with Crippen LogP contribution in [-0.4, -0.2) is 26.7 Å². The molecule has 0 spiro atoms. The van der Waals surface area contributed by atoms with Gasteiger partial charge in [-0.1, -0.05) is 61.4 Å². The van der Waals surface area contributed by atoms with Crippen LogP contribution in [0.5, 0.6) is 0 Å². The molecule has 2 aromatic heterocycles. The number of hydrogen-bond donors (Lipinski definition) is 1. The van der Waals surface area contributed by atoms with E-state index in [0.717, 1.165) is 57.8 Å². The van der Waals surface area contributed by atoms with Gasteiger partial charge < -0.3 is 5.32 Å². The molecule has 5 nitrogen and oxygen atoms in total. The van der Waals surface area contributed by atoms with Gasteiger partial charge in [0.05, 0.1) is 11.3 Å². The average molecular weight is 423 g/mol. The van der Waals surface area contributed by atoms with Gasteiger partial charge in [-0.15, -0.1) is 11.3 Å². The normalized spacial score (nSPS) is 16.8. The standard InChI is InChI=1S/C22H22N4OS2/c1-15(19(27)26-22(13-23)10-6-3-7-11-22)28-20-17-12-18(16-8-4-2-5-9-16)29-21(17)25-14-24-20/h2,4-5,8-9,12,14-15H,3,6-7,10-11H2,1H3,(H,26,27). The second kappa shape index (κ2) is 8.52. The van der Waals surface area contributed by atoms with Crippen molar-refractivity contribution < 1.29 is 4.79 Å². The quantitative estimate of drug-likeness (QED) is 0.453. The first kappa shape index (κ1) is 19.9. The van der Waals surface area contributed by atoms with Crippen molar-refractivity contribution in [1.29, 1.82) is 5.26 Å². The van der Waals surface area contributed by atoms with Crippen molar-refractivity contribution in [2.24, 2.45) is 0 Å². The molecule has 0 aliphatic heterocycles. The highest BCUT2D eigenvalue weighted by Gasteiger charge is 2.35. The van der Waals surface area contributed by atoms with E-state index in [2.05, 4.69) is 39.6 Å². The highest BCUT2D eigenvalue weighted by atomic mass is 32.2. The van der Waals surface area contributed by atoms with Crippen molar-refractivity contribution in [1.82, 2.24) is 15.3 Å². The Hall–Kier alpha value is -2.43. The van der Waals surface area contributed by atoms with Crippen molar-refractivity contribution in [3.63, 3.8) is 0 Å². The van der Waals surface area contributed by atoms with Gasteiger partial charge in [0.25, 0.3) is 0 Å². The molecule has 1 N–H and O–H groups in total. The Bertz CT molecular complexity index is 1050. The van der Waals surface area contributed by atoms with Gasteiger partial charge in [0.1, 0.15) is 21.7 Å². The van der Waals surface area contributed by atoms with Gasteiger partial charge in [0.15, 0.2) is 0 Å². The molecular formula is C22H22N4OS2. The van der Waals surface area contributed by atoms with E-state index in [9.17, 15) is 10.1 Å². The Morgan fingerprint density at radius 1 is 1.24 bits per heavy atom. The summed E-state index contributed by atoms with van der Waals surface area (Å²) in [6, 6.07) is 14.6. The molecule has 1 aliphatic rings. The smallest absolute Gasteiger partial charge is 0.234 e. The van der Waals surface area contributed by atoms with Gasteiger partial charge in [0.2, 0.25) is 5.91 Å². The maximum Gasteiger partial charge on any atom is 0.234 e. The van der Waals surface area contributed by atoms with Crippen LogP contribution in [0.3, 0.4) is 0 Å². The number of carbonyl (C=O) groups excluding carboxylic acids is 1. The lowest BCUT2D eigenvalue weighted by atomic mass is 9.83. The summed E-state index contributed by atoms with van der Waals surface area (Å²) in [6.45, 7) is 1.87. The monoisotopic (exact) mass is 422 g/mol. The number of nitrogens with zero attached hydrogens (tertiary/aromatic N) is 3. The summed E-state index contributed by atoms with van der Waals surface area (Å²) in [6.07, 6.45) is 6.12. The lowest BCUT2D eigenvalue weighted by Gasteiger charge is -2.32. The molecule has 1 atom stereocenters. The molecule has 0 saturated heterocycles. The number of thioether (sulfide) groups is 1. The molecule has 1 aromatic carbocycles. The first-order valence-electron chi connectivity index (χ1n) is 9.80. The molecule has 1 unspecified atom stereocenters. The van der Waals surface area contributed by atoms with Gasteiger partial charge in [-0.05, 0) is 31.4 Å². The molecule has 1 fully saturated rings. The topological polar surface area (TPSA) is 78.7 Å². The molecule has 29 heavy (non-hydrogen) atoms. The van der Waals surface area contributed by atoms with Crippen LogP contribution in [0.1, 0.15) is 39.0 Å². The highest BCUT2D eigenvalue weighted by molar-refractivity contribution is 8.00. The first-order valence-corrected chi connectivity index (χ1v) is 11.5. The number of aromatic nitrogens is 2. The zero-order chi connectivity index (χ0) is 20.3. The second-order valence-electron chi connectivity index (χ2n) is 7.38. The van der Waals surface area contributed by atoms with Crippen molar-refractivity contribution in [2.45, 2.75) is 54.8 Å². The molecular weight excluding hydrogens is 400 g/mol. The minimum Gasteiger partial charge on any atom is -0.337 e. The second-order valence-corrected chi connectivity index (χ2v) is 9.74. The fourth-order valence-corrected chi connectivity index (χ4v) is 5.61. The van der Waals surface area contributed by atoms with Gasteiger partial charge >= 0.3 is 0 Å². The SMILES string of the molecule is CC(Sc1ncnc2sc(-c3ccccc3)cc12)C(=O)NC1(C#N)CCCCC1. The third-order valence-electron chi connectivity index (χ3n) is 5.29. The van der Waals surface area contributed by atoms with Crippen LogP contribution >= 0.6 is 23.1 Å². The summed E-state index contributed by atoms with van der Waals surface area (Å²) in [5.74, 6) is -0.108. The van der Waals surface area contributed by atoms with Gasteiger partial charge in [0, 0.05) is 10.3 Å². The van der Waals surface area contributed by atoms with E-state index in [1.54, 1.807) is 17.7 Å². The minimum absolute atomic E-state index is 0.108. The predicted molar refractivity (Wildman–Crippen MR) is 118 cm³/mol. The Labute approximate surface area is 178 Å². The Kier molecular flexibility index (Phi) is 5.84. The zero-order valence-corrected chi connectivity index (χ0v) is 17.9. The summed E-state index contributed by atoms with van der Waals surface area (Å²) >= 11 is 3.04. The number of benzene rings is 1. The van der Waals surface area contributed by atoms with Crippen LogP contribution in [0.4, 0.5) is 0 Å². The van der Waals surface area contributed by atoms with E-state index in [1.165, 1.54) is 11.8 Å². The van der Waals surface area contributed by atoms with E-state index in [-0.39, 0.29) is 11.2 Å². The van der Waals surface area contributed by atoms with Crippen LogP contribution in [0.2, 0.25) is 0 Å². The molecule has 0 bridgehead atoms. The molecule has 3 aromatic rings. The van der Waals surface area contributed by atoms with Crippen molar-refractivity contribution in [3.8, 4) is 16.5 Å². The van der Waals surface area contributed by atoms with E-state index in [4.69, 9.17) is 0 Å². The minimum atomic E-state index is -0.714. The molecule has 1 amide bonds. The first-order chi connectivity index (χ1) is 14.1. The molecule has 1 aliphatic carbocycles. The third kappa shape index (κ3) is 4.29. The maximum absolute atomic E-state index is 12.8. The number of fused-ring (bicyclic) bond motifs is 1. The van der Waals surface area contributed by atoms with E-state index < -0.39 is 5.54 Å². The van der Waals surface area contributed by atoms with E-state index in [0.29, 0.717) is 0 Å². The summed E-state index contributed by atoms with van der Waals surface area (Å²) < 4.78 is 0. The number of nitriles is 1. The number of amides is 1. The summed E-state index contributed by atoms with van der Waals surface area (Å²) in [5, 5.41) is 14.1. The van der Waals surface area contributed by atoms with Crippen LogP contribution in [-0.2, 0) is 4.79 Å². The van der Waals surface area contributed by atoms with Gasteiger partial charge in [-0.2, -0.15) is 5.26 Å². The predicted octanol–water partition coefficient (Wildman–Crippen LogP) is 5.18. The molecule has 0 radical (unpaired) electrons. The fraction of sp³-hybridized carbons (Fsp3) is 0.364.